The van der Waals surface area contributed by atoms with Crippen LogP contribution >= 0.6 is 12.4 Å². The molecule has 1 fully saturated rings. The summed E-state index contributed by atoms with van der Waals surface area (Å²) in [6.45, 7) is 3.96. The van der Waals surface area contributed by atoms with Crippen molar-refractivity contribution in [2.24, 2.45) is 5.92 Å². The predicted octanol–water partition coefficient (Wildman–Crippen LogP) is 2.04. The first-order valence-corrected chi connectivity index (χ1v) is 10.4. The van der Waals surface area contributed by atoms with Crippen molar-refractivity contribution in [3.05, 3.63) is 42.5 Å². The Kier molecular flexibility index (Phi) is 7.61. The number of fused-ring (bicyclic) bond motifs is 1. The van der Waals surface area contributed by atoms with Gasteiger partial charge in [0.2, 0.25) is 15.9 Å². The molecule has 1 saturated heterocycles. The number of hydrogen-bond donors (Lipinski definition) is 3. The van der Waals surface area contributed by atoms with Crippen LogP contribution in [0.15, 0.2) is 47.4 Å². The molecule has 1 amide bonds. The highest BCUT2D eigenvalue weighted by atomic mass is 35.5. The Balaban J connectivity index is 0.00000261. The maximum Gasteiger partial charge on any atom is 0.240 e. The summed E-state index contributed by atoms with van der Waals surface area (Å²) in [5.41, 5.74) is 0. The van der Waals surface area contributed by atoms with Gasteiger partial charge in [-0.3, -0.25) is 4.79 Å². The molecule has 0 aliphatic carbocycles. The number of piperidine rings is 1. The van der Waals surface area contributed by atoms with Crippen molar-refractivity contribution < 1.29 is 13.2 Å². The molecule has 0 radical (unpaired) electrons. The number of sulfonamides is 1. The lowest BCUT2D eigenvalue weighted by molar-refractivity contribution is -0.122. The second kappa shape index (κ2) is 9.50. The van der Waals surface area contributed by atoms with Crippen molar-refractivity contribution in [1.82, 2.24) is 15.4 Å². The van der Waals surface area contributed by atoms with E-state index in [2.05, 4.69) is 22.3 Å². The van der Waals surface area contributed by atoms with Gasteiger partial charge >= 0.3 is 0 Å². The van der Waals surface area contributed by atoms with Gasteiger partial charge in [0.1, 0.15) is 0 Å². The van der Waals surface area contributed by atoms with E-state index < -0.39 is 10.0 Å². The van der Waals surface area contributed by atoms with Crippen LogP contribution in [0.5, 0.6) is 0 Å². The molecule has 2 aromatic rings. The quantitative estimate of drug-likeness (QED) is 0.678. The molecule has 6 nitrogen and oxygen atoms in total. The van der Waals surface area contributed by atoms with Crippen LogP contribution in [-0.4, -0.2) is 40.0 Å². The predicted molar refractivity (Wildman–Crippen MR) is 110 cm³/mol. The zero-order chi connectivity index (χ0) is 18.6. The van der Waals surface area contributed by atoms with Crippen LogP contribution in [0.2, 0.25) is 0 Å². The number of rotatable bonds is 6. The number of carbonyl (C=O) groups is 1. The van der Waals surface area contributed by atoms with Crippen LogP contribution in [0.1, 0.15) is 19.8 Å². The van der Waals surface area contributed by atoms with Crippen molar-refractivity contribution >= 4 is 39.1 Å². The van der Waals surface area contributed by atoms with Crippen LogP contribution in [0, 0.1) is 5.92 Å². The van der Waals surface area contributed by atoms with Gasteiger partial charge in [0, 0.05) is 19.0 Å². The fourth-order valence-corrected chi connectivity index (χ4v) is 4.29. The minimum Gasteiger partial charge on any atom is -0.353 e. The number of hydrogen-bond acceptors (Lipinski definition) is 4. The van der Waals surface area contributed by atoms with Gasteiger partial charge in [-0.15, -0.1) is 12.4 Å². The van der Waals surface area contributed by atoms with Gasteiger partial charge in [0.25, 0.3) is 0 Å². The molecule has 2 unspecified atom stereocenters. The summed E-state index contributed by atoms with van der Waals surface area (Å²) in [7, 11) is -3.63. The maximum absolute atomic E-state index is 12.4. The minimum absolute atomic E-state index is 0. The summed E-state index contributed by atoms with van der Waals surface area (Å²) in [5, 5.41) is 8.15. The van der Waals surface area contributed by atoms with Gasteiger partial charge in [-0.25, -0.2) is 13.1 Å². The lowest BCUT2D eigenvalue weighted by atomic mass is 9.95. The molecule has 3 rings (SSSR count). The molecule has 0 saturated carbocycles. The first kappa shape index (κ1) is 21.6. The van der Waals surface area contributed by atoms with E-state index in [9.17, 15) is 13.2 Å². The third kappa shape index (κ3) is 5.65. The Labute approximate surface area is 166 Å². The summed E-state index contributed by atoms with van der Waals surface area (Å²) in [4.78, 5) is 12.3. The average Bonchev–Trinajstić information content (AvgIpc) is 2.63. The monoisotopic (exact) mass is 411 g/mol. The molecule has 1 aliphatic rings. The van der Waals surface area contributed by atoms with E-state index in [-0.39, 0.29) is 42.2 Å². The van der Waals surface area contributed by atoms with Gasteiger partial charge in [-0.05, 0) is 48.3 Å². The molecular formula is C19H26ClN3O3S. The fraction of sp³-hybridized carbons (Fsp3) is 0.421. The molecule has 0 aromatic heterocycles. The highest BCUT2D eigenvalue weighted by Crippen LogP contribution is 2.18. The number of halogens is 1. The van der Waals surface area contributed by atoms with E-state index in [1.165, 1.54) is 0 Å². The van der Waals surface area contributed by atoms with Crippen molar-refractivity contribution in [1.29, 1.82) is 0 Å². The topological polar surface area (TPSA) is 87.3 Å². The molecule has 1 aliphatic heterocycles. The summed E-state index contributed by atoms with van der Waals surface area (Å²) in [6.07, 6.45) is 1.03. The Morgan fingerprint density at radius 3 is 2.67 bits per heavy atom. The molecule has 0 bridgehead atoms. The van der Waals surface area contributed by atoms with E-state index in [0.29, 0.717) is 5.92 Å². The van der Waals surface area contributed by atoms with Gasteiger partial charge in [-0.2, -0.15) is 0 Å². The van der Waals surface area contributed by atoms with Gasteiger partial charge in [-0.1, -0.05) is 37.3 Å². The van der Waals surface area contributed by atoms with Crippen LogP contribution < -0.4 is 15.4 Å². The van der Waals surface area contributed by atoms with E-state index >= 15 is 0 Å². The zero-order valence-electron chi connectivity index (χ0n) is 15.3. The smallest absolute Gasteiger partial charge is 0.240 e. The third-order valence-electron chi connectivity index (χ3n) is 4.81. The lowest BCUT2D eigenvalue weighted by Crippen LogP contribution is -2.48. The van der Waals surface area contributed by atoms with Crippen molar-refractivity contribution in [2.45, 2.75) is 30.7 Å². The van der Waals surface area contributed by atoms with Crippen LogP contribution in [-0.2, 0) is 14.8 Å². The number of benzene rings is 2. The molecule has 2 atom stereocenters. The first-order chi connectivity index (χ1) is 12.5. The Bertz CT molecular complexity index is 889. The minimum atomic E-state index is -3.63. The molecule has 8 heteroatoms. The molecule has 1 heterocycles. The summed E-state index contributed by atoms with van der Waals surface area (Å²) >= 11 is 0. The average molecular weight is 412 g/mol. The Morgan fingerprint density at radius 1 is 1.19 bits per heavy atom. The molecule has 3 N–H and O–H groups in total. The highest BCUT2D eigenvalue weighted by Gasteiger charge is 2.22. The third-order valence-corrected chi connectivity index (χ3v) is 6.27. The fourth-order valence-electron chi connectivity index (χ4n) is 3.22. The first-order valence-electron chi connectivity index (χ1n) is 8.94. The van der Waals surface area contributed by atoms with E-state index in [4.69, 9.17) is 0 Å². The second-order valence-electron chi connectivity index (χ2n) is 6.80. The Morgan fingerprint density at radius 2 is 1.93 bits per heavy atom. The highest BCUT2D eigenvalue weighted by molar-refractivity contribution is 7.89. The van der Waals surface area contributed by atoms with E-state index in [1.807, 2.05) is 24.3 Å². The van der Waals surface area contributed by atoms with Crippen LogP contribution in [0.4, 0.5) is 0 Å². The summed E-state index contributed by atoms with van der Waals surface area (Å²) < 4.78 is 27.4. The number of carbonyl (C=O) groups excluding carboxylic acids is 1. The zero-order valence-corrected chi connectivity index (χ0v) is 16.9. The van der Waals surface area contributed by atoms with Crippen LogP contribution in [0.3, 0.4) is 0 Å². The van der Waals surface area contributed by atoms with E-state index in [1.54, 1.807) is 18.2 Å². The Hall–Kier alpha value is -1.67. The molecule has 0 spiro atoms. The van der Waals surface area contributed by atoms with Crippen molar-refractivity contribution in [3.8, 4) is 0 Å². The second-order valence-corrected chi connectivity index (χ2v) is 8.57. The summed E-state index contributed by atoms with van der Waals surface area (Å²) in [5.74, 6) is 0.256. The largest absolute Gasteiger partial charge is 0.353 e. The number of nitrogens with one attached hydrogen (secondary N) is 3. The van der Waals surface area contributed by atoms with Gasteiger partial charge in [0.05, 0.1) is 4.90 Å². The number of amides is 1. The van der Waals surface area contributed by atoms with Crippen LogP contribution in [0.25, 0.3) is 10.8 Å². The molecule has 27 heavy (non-hydrogen) atoms. The normalized spacial score (nSPS) is 20.0. The standard InChI is InChI=1S/C19H25N3O3S.ClH/c1-14-13-20-10-8-18(14)22-19(23)9-11-21-26(24,25)17-7-6-15-4-2-3-5-16(15)12-17;/h2-7,12,14,18,20-21H,8-11,13H2,1H3,(H,22,23);1H. The molecular weight excluding hydrogens is 386 g/mol. The van der Waals surface area contributed by atoms with Crippen molar-refractivity contribution in [3.63, 3.8) is 0 Å². The van der Waals surface area contributed by atoms with Gasteiger partial charge in [0.15, 0.2) is 0 Å². The van der Waals surface area contributed by atoms with E-state index in [0.717, 1.165) is 30.3 Å². The lowest BCUT2D eigenvalue weighted by Gasteiger charge is -2.30. The molecule has 2 aromatic carbocycles. The van der Waals surface area contributed by atoms with Gasteiger partial charge < -0.3 is 10.6 Å². The maximum atomic E-state index is 12.4. The summed E-state index contributed by atoms with van der Waals surface area (Å²) in [6, 6.07) is 12.8. The molecule has 148 valence electrons. The van der Waals surface area contributed by atoms with Crippen molar-refractivity contribution in [2.75, 3.05) is 19.6 Å². The SMILES string of the molecule is CC1CNCCC1NC(=O)CCNS(=O)(=O)c1ccc2ccccc2c1.Cl.